The predicted octanol–water partition coefficient (Wildman–Crippen LogP) is 9.14. The second kappa shape index (κ2) is 13.0. The van der Waals surface area contributed by atoms with Crippen LogP contribution in [0.25, 0.3) is 44.5 Å². The Morgan fingerprint density at radius 2 is 1.70 bits per heavy atom. The number of benzene rings is 2. The predicted molar refractivity (Wildman–Crippen MR) is 178 cm³/mol. The first-order valence-corrected chi connectivity index (χ1v) is 18.0. The van der Waals surface area contributed by atoms with Gasteiger partial charge in [-0.05, 0) is 54.8 Å². The number of pyridine rings is 3. The molecule has 6 heteroatoms. The molecule has 0 saturated carbocycles. The third kappa shape index (κ3) is 7.56. The van der Waals surface area contributed by atoms with Crippen LogP contribution in [-0.4, -0.2) is 23.0 Å². The molecule has 0 unspecified atom stereocenters. The molecule has 0 aliphatic carbocycles. The first kappa shape index (κ1) is 32.5. The number of aromatic nitrogens is 3. The number of nitrogens with zero attached hydrogens (tertiary/aromatic N) is 3. The van der Waals surface area contributed by atoms with Crippen LogP contribution in [0.15, 0.2) is 83.8 Å². The molecule has 0 atom stereocenters. The number of aryl methyl sites for hydroxylation is 2. The molecular formula is C37H39IrN3OSi-2. The maximum absolute atomic E-state index is 6.30. The third-order valence-corrected chi connectivity index (χ3v) is 9.16. The maximum atomic E-state index is 6.30. The van der Waals surface area contributed by atoms with Crippen LogP contribution >= 0.6 is 0 Å². The van der Waals surface area contributed by atoms with Crippen LogP contribution in [0.2, 0.25) is 19.6 Å². The molecule has 0 aliphatic rings. The average Bonchev–Trinajstić information content (AvgIpc) is 3.32. The first-order chi connectivity index (χ1) is 19.9. The first-order valence-electron chi connectivity index (χ1n) is 14.5. The Labute approximate surface area is 270 Å². The molecular weight excluding hydrogens is 723 g/mol. The van der Waals surface area contributed by atoms with Crippen LogP contribution in [0.3, 0.4) is 0 Å². The SMILES string of the molecule is CC(C)(C)Cc1ccnc(-c2[c-]cc([Si](C)(C)C)c3c2oc2cnccc23)c1.Cc1cnc(-c2[c-]cccc2)c(C)c1.[Ir]. The molecule has 0 spiro atoms. The molecule has 4 nitrogen and oxygen atoms in total. The summed E-state index contributed by atoms with van der Waals surface area (Å²) in [5, 5.41) is 3.69. The van der Waals surface area contributed by atoms with Crippen molar-refractivity contribution in [1.82, 2.24) is 15.0 Å². The zero-order valence-electron chi connectivity index (χ0n) is 26.3. The van der Waals surface area contributed by atoms with E-state index in [-0.39, 0.29) is 25.5 Å². The van der Waals surface area contributed by atoms with Crippen molar-refractivity contribution in [2.75, 3.05) is 0 Å². The van der Waals surface area contributed by atoms with Crippen LogP contribution in [0.1, 0.15) is 37.5 Å². The number of hydrogen-bond acceptors (Lipinski definition) is 4. The summed E-state index contributed by atoms with van der Waals surface area (Å²) < 4.78 is 6.30. The van der Waals surface area contributed by atoms with Gasteiger partial charge in [0.1, 0.15) is 5.58 Å². The van der Waals surface area contributed by atoms with E-state index in [2.05, 4.69) is 112 Å². The van der Waals surface area contributed by atoms with E-state index < -0.39 is 8.07 Å². The van der Waals surface area contributed by atoms with Gasteiger partial charge in [0, 0.05) is 52.2 Å². The largest absolute Gasteiger partial charge is 0.499 e. The molecule has 0 amide bonds. The van der Waals surface area contributed by atoms with Crippen molar-refractivity contribution < 1.29 is 24.5 Å². The van der Waals surface area contributed by atoms with Gasteiger partial charge >= 0.3 is 0 Å². The van der Waals surface area contributed by atoms with E-state index in [0.717, 1.165) is 45.5 Å². The Kier molecular flexibility index (Phi) is 9.85. The third-order valence-electron chi connectivity index (χ3n) is 7.15. The van der Waals surface area contributed by atoms with Crippen molar-refractivity contribution in [3.8, 4) is 22.5 Å². The molecule has 0 aliphatic heterocycles. The minimum atomic E-state index is -1.58. The molecule has 43 heavy (non-hydrogen) atoms. The minimum absolute atomic E-state index is 0. The fraction of sp³-hybridized carbons (Fsp3) is 0.270. The monoisotopic (exact) mass is 762 g/mol. The second-order valence-electron chi connectivity index (χ2n) is 13.2. The summed E-state index contributed by atoms with van der Waals surface area (Å²) >= 11 is 0. The fourth-order valence-electron chi connectivity index (χ4n) is 5.33. The molecule has 4 aromatic heterocycles. The summed E-state index contributed by atoms with van der Waals surface area (Å²) in [5.41, 5.74) is 9.54. The van der Waals surface area contributed by atoms with E-state index in [0.29, 0.717) is 0 Å². The Balaban J connectivity index is 0.000000238. The van der Waals surface area contributed by atoms with Gasteiger partial charge in [0.05, 0.1) is 11.8 Å². The topological polar surface area (TPSA) is 51.8 Å². The smallest absolute Gasteiger partial charge is 0.139 e. The molecule has 6 aromatic rings. The summed E-state index contributed by atoms with van der Waals surface area (Å²) in [7, 11) is -1.58. The van der Waals surface area contributed by atoms with E-state index in [4.69, 9.17) is 4.42 Å². The Morgan fingerprint density at radius 1 is 0.907 bits per heavy atom. The molecule has 2 aromatic carbocycles. The molecule has 6 rings (SSSR count). The van der Waals surface area contributed by atoms with E-state index in [1.165, 1.54) is 27.3 Å². The van der Waals surface area contributed by atoms with E-state index in [9.17, 15) is 0 Å². The number of furan rings is 1. The van der Waals surface area contributed by atoms with Crippen molar-refractivity contribution >= 4 is 35.2 Å². The zero-order chi connectivity index (χ0) is 30.1. The van der Waals surface area contributed by atoms with Crippen molar-refractivity contribution in [3.63, 3.8) is 0 Å². The van der Waals surface area contributed by atoms with Crippen molar-refractivity contribution in [2.24, 2.45) is 5.41 Å². The van der Waals surface area contributed by atoms with Gasteiger partial charge in [-0.15, -0.1) is 53.2 Å². The molecule has 223 valence electrons. The zero-order valence-corrected chi connectivity index (χ0v) is 29.7. The van der Waals surface area contributed by atoms with E-state index in [1.54, 1.807) is 6.20 Å². The fourth-order valence-corrected chi connectivity index (χ4v) is 6.83. The summed E-state index contributed by atoms with van der Waals surface area (Å²) in [4.78, 5) is 13.3. The summed E-state index contributed by atoms with van der Waals surface area (Å²) in [6.45, 7) is 18.0. The molecule has 0 N–H and O–H groups in total. The van der Waals surface area contributed by atoms with E-state index in [1.807, 2.05) is 42.9 Å². The van der Waals surface area contributed by atoms with Crippen LogP contribution in [-0.2, 0) is 26.5 Å². The van der Waals surface area contributed by atoms with Crippen molar-refractivity contribution in [1.29, 1.82) is 0 Å². The summed E-state index contributed by atoms with van der Waals surface area (Å²) in [5.74, 6) is 0. The number of hydrogen-bond donors (Lipinski definition) is 0. The minimum Gasteiger partial charge on any atom is -0.499 e. The Bertz CT molecular complexity index is 1850. The van der Waals surface area contributed by atoms with Gasteiger partial charge in [0.15, 0.2) is 0 Å². The Hall–Kier alpha value is -3.44. The number of rotatable bonds is 4. The number of fused-ring (bicyclic) bond motifs is 3. The maximum Gasteiger partial charge on any atom is 0.139 e. The normalized spacial score (nSPS) is 11.6. The quantitative estimate of drug-likeness (QED) is 0.133. The van der Waals surface area contributed by atoms with Crippen LogP contribution < -0.4 is 5.19 Å². The molecule has 4 heterocycles. The molecule has 0 bridgehead atoms. The summed E-state index contributed by atoms with van der Waals surface area (Å²) in [6, 6.07) is 25.3. The van der Waals surface area contributed by atoms with Gasteiger partial charge < -0.3 is 14.4 Å². The van der Waals surface area contributed by atoms with E-state index >= 15 is 0 Å². The molecule has 0 saturated heterocycles. The van der Waals surface area contributed by atoms with Crippen LogP contribution in [0.5, 0.6) is 0 Å². The van der Waals surface area contributed by atoms with Gasteiger partial charge in [-0.2, -0.15) is 0 Å². The van der Waals surface area contributed by atoms with Gasteiger partial charge in [0.2, 0.25) is 0 Å². The van der Waals surface area contributed by atoms with Gasteiger partial charge in [0.25, 0.3) is 0 Å². The standard InChI is InChI=1S/C24H27N2OSi.C13H12N.Ir/c1-24(2,3)14-16-9-12-26-19(13-16)17-7-8-21(28(4,5)6)22-18-10-11-25-15-20(18)27-23(17)22;1-10-8-11(2)13(14-9-10)12-6-4-3-5-7-12;/h8-13,15H,14H2,1-6H3;3-6,8-9H,1-2H3;/q2*-1;. The van der Waals surface area contributed by atoms with Gasteiger partial charge in [-0.3, -0.25) is 4.98 Å². The average molecular weight is 762 g/mol. The second-order valence-corrected chi connectivity index (χ2v) is 18.3. The molecule has 1 radical (unpaired) electrons. The van der Waals surface area contributed by atoms with Gasteiger partial charge in [-0.25, -0.2) is 0 Å². The van der Waals surface area contributed by atoms with Crippen molar-refractivity contribution in [3.05, 3.63) is 108 Å². The Morgan fingerprint density at radius 3 is 2.37 bits per heavy atom. The van der Waals surface area contributed by atoms with Gasteiger partial charge in [-0.1, -0.05) is 74.6 Å². The van der Waals surface area contributed by atoms with Crippen LogP contribution in [0.4, 0.5) is 0 Å². The molecule has 0 fully saturated rings. The van der Waals surface area contributed by atoms with Crippen molar-refractivity contribution in [2.45, 2.75) is 60.7 Å². The summed E-state index contributed by atoms with van der Waals surface area (Å²) in [6.07, 6.45) is 8.43. The van der Waals surface area contributed by atoms with Crippen LogP contribution in [0, 0.1) is 31.4 Å².